The van der Waals surface area contributed by atoms with E-state index >= 15 is 0 Å². The van der Waals surface area contributed by atoms with Gasteiger partial charge in [-0.25, -0.2) is 0 Å². The van der Waals surface area contributed by atoms with E-state index in [1.165, 1.54) is 128 Å². The summed E-state index contributed by atoms with van der Waals surface area (Å²) in [5.41, 5.74) is 4.71. The van der Waals surface area contributed by atoms with Crippen LogP contribution in [0, 0.1) is 0 Å². The Labute approximate surface area is 197 Å². The number of rotatable bonds is 4. The molecule has 4 N–H and O–H groups in total. The highest BCUT2D eigenvalue weighted by molar-refractivity contribution is 8.10. The number of nitrogens with two attached hydrogens (primary N) is 1. The molecule has 0 spiro atoms. The normalized spacial score (nSPS) is 24.8. The van der Waals surface area contributed by atoms with Gasteiger partial charge in [0, 0.05) is 24.2 Å². The zero-order chi connectivity index (χ0) is 21.4. The molecule has 4 rings (SSSR count). The smallest absolute Gasteiger partial charge is 0.128 e. The molecule has 0 amide bonds. The molecule has 0 radical (unpaired) electrons. The monoisotopic (exact) mass is 455 g/mol. The summed E-state index contributed by atoms with van der Waals surface area (Å²) in [6, 6.07) is 3.49. The lowest BCUT2D eigenvalue weighted by Gasteiger charge is -2.30. The molecule has 4 fully saturated rings. The van der Waals surface area contributed by atoms with Crippen LogP contribution < -0.4 is 16.4 Å². The lowest BCUT2D eigenvalue weighted by molar-refractivity contribution is 0.291. The van der Waals surface area contributed by atoms with Crippen LogP contribution in [0.5, 0.6) is 0 Å². The summed E-state index contributed by atoms with van der Waals surface area (Å²) < 4.78 is 0.194. The summed E-state index contributed by atoms with van der Waals surface area (Å²) in [5.74, 6) is 0. The van der Waals surface area contributed by atoms with E-state index in [0.717, 1.165) is 24.2 Å². The van der Waals surface area contributed by atoms with Gasteiger partial charge in [0.1, 0.15) is 4.32 Å². The van der Waals surface area contributed by atoms with Gasteiger partial charge in [0.05, 0.1) is 0 Å². The topological polar surface area (TPSA) is 50.1 Å². The van der Waals surface area contributed by atoms with E-state index in [1.807, 2.05) is 0 Å². The van der Waals surface area contributed by atoms with E-state index in [4.69, 9.17) is 5.73 Å². The molecule has 0 aromatic heterocycles. The van der Waals surface area contributed by atoms with Gasteiger partial charge in [-0.3, -0.25) is 0 Å². The van der Waals surface area contributed by atoms with Crippen LogP contribution in [-0.4, -0.2) is 28.5 Å². The van der Waals surface area contributed by atoms with Crippen LogP contribution in [0.3, 0.4) is 0 Å². The molecule has 4 aliphatic carbocycles. The van der Waals surface area contributed by atoms with Crippen LogP contribution in [0.2, 0.25) is 0 Å². The van der Waals surface area contributed by atoms with E-state index in [2.05, 4.69) is 35.5 Å². The van der Waals surface area contributed by atoms with E-state index in [0.29, 0.717) is 0 Å². The fourth-order valence-electron chi connectivity index (χ4n) is 5.74. The Bertz CT molecular complexity index is 352. The van der Waals surface area contributed by atoms with E-state index < -0.39 is 0 Å². The summed E-state index contributed by atoms with van der Waals surface area (Å²) in [4.78, 5) is 0. The van der Waals surface area contributed by atoms with Gasteiger partial charge in [-0.2, -0.15) is 0 Å². The van der Waals surface area contributed by atoms with Crippen LogP contribution in [0.15, 0.2) is 0 Å². The van der Waals surface area contributed by atoms with Crippen molar-refractivity contribution in [2.45, 2.75) is 153 Å². The molecule has 0 saturated heterocycles. The van der Waals surface area contributed by atoms with Crippen molar-refractivity contribution in [3.05, 3.63) is 0 Å². The van der Waals surface area contributed by atoms with Crippen LogP contribution in [0.1, 0.15) is 128 Å². The fraction of sp³-hybridized carbons (Fsp3) is 0.960. The molecule has 30 heavy (non-hydrogen) atoms. The zero-order valence-corrected chi connectivity index (χ0v) is 21.1. The van der Waals surface area contributed by atoms with Crippen molar-refractivity contribution in [3.8, 4) is 0 Å². The molecule has 0 aromatic rings. The Hall–Kier alpha value is 0.160. The first kappa shape index (κ1) is 26.4. The molecule has 0 bridgehead atoms. The van der Waals surface area contributed by atoms with Crippen LogP contribution in [0.4, 0.5) is 0 Å². The molecule has 3 nitrogen and oxygen atoms in total. The van der Waals surface area contributed by atoms with Crippen LogP contribution in [0.25, 0.3) is 0 Å². The number of hydrogen-bond donors (Lipinski definition) is 4. The molecule has 4 aliphatic rings. The van der Waals surface area contributed by atoms with E-state index in [1.54, 1.807) is 0 Å². The summed E-state index contributed by atoms with van der Waals surface area (Å²) in [6.45, 7) is 0. The molecule has 0 atom stereocenters. The predicted molar refractivity (Wildman–Crippen MR) is 140 cm³/mol. The Balaban J connectivity index is 0.000000182. The zero-order valence-electron chi connectivity index (χ0n) is 19.4. The molecule has 5 heteroatoms. The average molecular weight is 456 g/mol. The average Bonchev–Trinajstić information content (AvgIpc) is 2.77. The number of thiocarbonyl (C=S) groups is 1. The highest BCUT2D eigenvalue weighted by Gasteiger charge is 2.20. The largest absolute Gasteiger partial charge is 0.385 e. The third kappa shape index (κ3) is 12.9. The van der Waals surface area contributed by atoms with Gasteiger partial charge in [0.25, 0.3) is 0 Å². The van der Waals surface area contributed by atoms with Gasteiger partial charge >= 0.3 is 0 Å². The maximum Gasteiger partial charge on any atom is 0.128 e. The third-order valence-electron chi connectivity index (χ3n) is 7.36. The summed E-state index contributed by atoms with van der Waals surface area (Å²) in [7, 11) is 0. The van der Waals surface area contributed by atoms with Crippen molar-refractivity contribution in [3.63, 3.8) is 0 Å². The van der Waals surface area contributed by atoms with Crippen molar-refractivity contribution in [2.75, 3.05) is 0 Å². The van der Waals surface area contributed by atoms with E-state index in [9.17, 15) is 0 Å². The first-order chi connectivity index (χ1) is 14.6. The minimum absolute atomic E-state index is 0.194. The first-order valence-corrected chi connectivity index (χ1v) is 14.0. The van der Waals surface area contributed by atoms with Gasteiger partial charge < -0.3 is 16.4 Å². The molecule has 0 heterocycles. The van der Waals surface area contributed by atoms with Gasteiger partial charge in [0.2, 0.25) is 0 Å². The van der Waals surface area contributed by atoms with Gasteiger partial charge in [0.15, 0.2) is 0 Å². The summed E-state index contributed by atoms with van der Waals surface area (Å²) >= 11 is 7.65. The predicted octanol–water partition coefficient (Wildman–Crippen LogP) is 6.64. The summed E-state index contributed by atoms with van der Waals surface area (Å²) in [5, 5.41) is 7.72. The van der Waals surface area contributed by atoms with Crippen LogP contribution in [-0.2, 0) is 0 Å². The Kier molecular flexibility index (Phi) is 14.7. The Morgan fingerprint density at radius 1 is 0.500 bits per heavy atom. The standard InChI is InChI=1S/2C12H23N.CH3NS2/c2*1-3-7-11(8-4-1)13-12-9-5-2-6-10-12;2-1(3)4/h2*11-13H,1-10H2;(H3,2,3,4). The quantitative estimate of drug-likeness (QED) is 0.283. The highest BCUT2D eigenvalue weighted by atomic mass is 32.1. The first-order valence-electron chi connectivity index (χ1n) is 13.1. The Morgan fingerprint density at radius 2 is 0.667 bits per heavy atom. The molecular weight excluding hydrogens is 406 g/mol. The van der Waals surface area contributed by atoms with Crippen molar-refractivity contribution in [2.24, 2.45) is 5.73 Å². The molecule has 176 valence electrons. The maximum atomic E-state index is 4.71. The second-order valence-corrected chi connectivity index (χ2v) is 11.2. The molecule has 0 aliphatic heterocycles. The fourth-order valence-corrected chi connectivity index (χ4v) is 5.74. The minimum Gasteiger partial charge on any atom is -0.385 e. The number of hydrogen-bond acceptors (Lipinski definition) is 3. The van der Waals surface area contributed by atoms with Gasteiger partial charge in [-0.05, 0) is 51.4 Å². The highest BCUT2D eigenvalue weighted by Crippen LogP contribution is 2.23. The number of nitrogens with one attached hydrogen (secondary N) is 2. The van der Waals surface area contributed by atoms with Crippen molar-refractivity contribution in [1.82, 2.24) is 10.6 Å². The van der Waals surface area contributed by atoms with Crippen molar-refractivity contribution < 1.29 is 0 Å². The minimum atomic E-state index is 0.194. The lowest BCUT2D eigenvalue weighted by Crippen LogP contribution is -2.40. The lowest BCUT2D eigenvalue weighted by atomic mass is 9.91. The molecule has 4 saturated carbocycles. The second-order valence-electron chi connectivity index (χ2n) is 10.0. The van der Waals surface area contributed by atoms with Crippen molar-refractivity contribution >= 4 is 29.2 Å². The van der Waals surface area contributed by atoms with Crippen LogP contribution >= 0.6 is 24.8 Å². The van der Waals surface area contributed by atoms with Gasteiger partial charge in [-0.15, -0.1) is 12.6 Å². The molecule has 0 unspecified atom stereocenters. The SMILES string of the molecule is C1CCC(NC2CCCCC2)CC1.C1CCC(NC2CCCCC2)CC1.NC(=S)S. The third-order valence-corrected chi connectivity index (χ3v) is 7.36. The maximum absolute atomic E-state index is 4.71. The van der Waals surface area contributed by atoms with E-state index in [-0.39, 0.29) is 4.32 Å². The second kappa shape index (κ2) is 16.7. The van der Waals surface area contributed by atoms with Crippen molar-refractivity contribution in [1.29, 1.82) is 0 Å². The summed E-state index contributed by atoms with van der Waals surface area (Å²) in [6.07, 6.45) is 29.1. The van der Waals surface area contributed by atoms with Gasteiger partial charge in [-0.1, -0.05) is 89.3 Å². The number of thiol groups is 1. The molecule has 0 aromatic carbocycles. The Morgan fingerprint density at radius 3 is 0.833 bits per heavy atom. The molecular formula is C25H49N3S2.